The first-order valence-corrected chi connectivity index (χ1v) is 8.74. The smallest absolute Gasteiger partial charge is 0.348 e. The highest BCUT2D eigenvalue weighted by molar-refractivity contribution is 7.20. The number of fused-ring (bicyclic) bond motifs is 1. The molecule has 2 aromatic heterocycles. The summed E-state index contributed by atoms with van der Waals surface area (Å²) < 4.78 is 7.12. The molecule has 1 aliphatic rings. The topological polar surface area (TPSA) is 61.2 Å². The van der Waals surface area contributed by atoms with Gasteiger partial charge in [0.15, 0.2) is 0 Å². The third-order valence-corrected chi connectivity index (χ3v) is 5.43. The van der Waals surface area contributed by atoms with Crippen molar-refractivity contribution in [1.82, 2.24) is 9.55 Å². The summed E-state index contributed by atoms with van der Waals surface area (Å²) in [4.78, 5) is 30.3. The van der Waals surface area contributed by atoms with Crippen LogP contribution in [0.5, 0.6) is 0 Å². The van der Waals surface area contributed by atoms with Crippen LogP contribution in [0.4, 0.5) is 0 Å². The Morgan fingerprint density at radius 2 is 2.22 bits per heavy atom. The number of carbonyl (C=O) groups is 1. The summed E-state index contributed by atoms with van der Waals surface area (Å²) in [5.41, 5.74) is 0.530. The molecule has 0 bridgehead atoms. The number of hydrogen-bond acceptors (Lipinski definition) is 5. The second kappa shape index (κ2) is 6.66. The van der Waals surface area contributed by atoms with Crippen LogP contribution in [0.25, 0.3) is 10.2 Å². The van der Waals surface area contributed by atoms with Gasteiger partial charge in [-0.3, -0.25) is 9.36 Å². The van der Waals surface area contributed by atoms with Crippen molar-refractivity contribution >= 4 is 27.5 Å². The molecule has 23 heavy (non-hydrogen) atoms. The quantitative estimate of drug-likeness (QED) is 0.635. The van der Waals surface area contributed by atoms with Crippen molar-refractivity contribution in [3.05, 3.63) is 39.8 Å². The van der Waals surface area contributed by atoms with Crippen molar-refractivity contribution < 1.29 is 9.53 Å². The maximum Gasteiger partial charge on any atom is 0.348 e. The summed E-state index contributed by atoms with van der Waals surface area (Å²) in [5, 5.41) is 0.509. The molecule has 2 aromatic rings. The van der Waals surface area contributed by atoms with Crippen molar-refractivity contribution in [2.24, 2.45) is 0 Å². The third-order valence-electron chi connectivity index (χ3n) is 4.25. The number of nitrogens with zero attached hydrogens (tertiary/aromatic N) is 2. The van der Waals surface area contributed by atoms with E-state index in [9.17, 15) is 9.59 Å². The van der Waals surface area contributed by atoms with Gasteiger partial charge in [0.05, 0.1) is 11.7 Å². The molecule has 0 aromatic carbocycles. The lowest BCUT2D eigenvalue weighted by atomic mass is 9.98. The molecule has 1 fully saturated rings. The summed E-state index contributed by atoms with van der Waals surface area (Å²) >= 11 is 1.24. The fraction of sp³-hybridized carbons (Fsp3) is 0.471. The van der Waals surface area contributed by atoms with Crippen molar-refractivity contribution in [2.75, 3.05) is 0 Å². The Bertz CT molecular complexity index is 800. The predicted molar refractivity (Wildman–Crippen MR) is 91.1 cm³/mol. The number of thiophene rings is 1. The van der Waals surface area contributed by atoms with Crippen LogP contribution in [0, 0.1) is 6.92 Å². The van der Waals surface area contributed by atoms with Crippen LogP contribution in [0.15, 0.2) is 23.8 Å². The molecular weight excluding hydrogens is 312 g/mol. The van der Waals surface area contributed by atoms with Gasteiger partial charge in [0.2, 0.25) is 0 Å². The van der Waals surface area contributed by atoms with Crippen molar-refractivity contribution in [3.63, 3.8) is 0 Å². The molecular formula is C17H20N2O3S. The molecule has 1 aliphatic carbocycles. The first kappa shape index (κ1) is 15.9. The number of esters is 1. The Morgan fingerprint density at radius 1 is 1.48 bits per heavy atom. The molecule has 0 unspecified atom stereocenters. The van der Waals surface area contributed by atoms with Gasteiger partial charge in [0.25, 0.3) is 5.56 Å². The molecule has 1 saturated carbocycles. The van der Waals surface area contributed by atoms with Crippen LogP contribution in [0.1, 0.15) is 47.3 Å². The van der Waals surface area contributed by atoms with E-state index in [-0.39, 0.29) is 17.6 Å². The van der Waals surface area contributed by atoms with Crippen molar-refractivity contribution in [2.45, 2.75) is 51.7 Å². The van der Waals surface area contributed by atoms with Gasteiger partial charge in [-0.1, -0.05) is 12.5 Å². The first-order chi connectivity index (χ1) is 11.1. The van der Waals surface area contributed by atoms with Crippen LogP contribution in [-0.4, -0.2) is 21.6 Å². The van der Waals surface area contributed by atoms with E-state index in [0.29, 0.717) is 27.2 Å². The van der Waals surface area contributed by atoms with Crippen LogP contribution in [-0.2, 0) is 11.3 Å². The fourth-order valence-corrected chi connectivity index (χ4v) is 4.03. The minimum absolute atomic E-state index is 0.00578. The van der Waals surface area contributed by atoms with E-state index in [1.807, 2.05) is 0 Å². The molecule has 2 heterocycles. The highest BCUT2D eigenvalue weighted by Crippen LogP contribution is 2.29. The standard InChI is InChI=1S/C17H20N2O3S/c1-3-9-19-10-18-15-13(16(19)20)11(2)14(23-15)17(21)22-12-7-5-4-6-8-12/h3,10,12H,1,4-9H2,2H3. The van der Waals surface area contributed by atoms with Crippen LogP contribution in [0.3, 0.4) is 0 Å². The lowest BCUT2D eigenvalue weighted by molar-refractivity contribution is 0.0216. The maximum absolute atomic E-state index is 12.5. The van der Waals surface area contributed by atoms with E-state index in [1.165, 1.54) is 28.7 Å². The lowest BCUT2D eigenvalue weighted by Crippen LogP contribution is -2.21. The molecule has 3 rings (SSSR count). The van der Waals surface area contributed by atoms with Gasteiger partial charge < -0.3 is 4.74 Å². The Balaban J connectivity index is 1.93. The van der Waals surface area contributed by atoms with E-state index in [0.717, 1.165) is 25.7 Å². The van der Waals surface area contributed by atoms with Crippen molar-refractivity contribution in [3.8, 4) is 0 Å². The number of aryl methyl sites for hydroxylation is 1. The summed E-state index contributed by atoms with van der Waals surface area (Å²) in [7, 11) is 0. The fourth-order valence-electron chi connectivity index (χ4n) is 3.01. The molecule has 0 aliphatic heterocycles. The van der Waals surface area contributed by atoms with Crippen LogP contribution < -0.4 is 5.56 Å². The number of aromatic nitrogens is 2. The predicted octanol–water partition coefficient (Wildman–Crippen LogP) is 3.44. The molecule has 122 valence electrons. The molecule has 0 N–H and O–H groups in total. The van der Waals surface area contributed by atoms with Crippen LogP contribution in [0.2, 0.25) is 0 Å². The summed E-state index contributed by atoms with van der Waals surface area (Å²) in [6.07, 6.45) is 8.44. The molecule has 0 amide bonds. The summed E-state index contributed by atoms with van der Waals surface area (Å²) in [6.45, 7) is 5.83. The number of carbonyl (C=O) groups excluding carboxylic acids is 1. The zero-order valence-corrected chi connectivity index (χ0v) is 14.0. The van der Waals surface area contributed by atoms with Gasteiger partial charge in [0, 0.05) is 6.54 Å². The minimum Gasteiger partial charge on any atom is -0.458 e. The molecule has 0 saturated heterocycles. The molecule has 0 atom stereocenters. The van der Waals surface area contributed by atoms with E-state index < -0.39 is 0 Å². The highest BCUT2D eigenvalue weighted by atomic mass is 32.1. The average Bonchev–Trinajstić information content (AvgIpc) is 2.89. The van der Waals surface area contributed by atoms with Gasteiger partial charge in [-0.15, -0.1) is 17.9 Å². The maximum atomic E-state index is 12.5. The Kier molecular flexibility index (Phi) is 4.61. The Hall–Kier alpha value is -1.95. The zero-order chi connectivity index (χ0) is 16.4. The molecule has 0 spiro atoms. The highest BCUT2D eigenvalue weighted by Gasteiger charge is 2.24. The van der Waals surface area contributed by atoms with Gasteiger partial charge in [-0.25, -0.2) is 9.78 Å². The number of ether oxygens (including phenoxy) is 1. The van der Waals surface area contributed by atoms with Gasteiger partial charge >= 0.3 is 5.97 Å². The summed E-state index contributed by atoms with van der Waals surface area (Å²) in [6, 6.07) is 0. The molecule has 5 nitrogen and oxygen atoms in total. The monoisotopic (exact) mass is 332 g/mol. The van der Waals surface area contributed by atoms with E-state index in [1.54, 1.807) is 13.0 Å². The Labute approximate surface area is 138 Å². The lowest BCUT2D eigenvalue weighted by Gasteiger charge is -2.21. The molecule has 6 heteroatoms. The van der Waals surface area contributed by atoms with Crippen LogP contribution >= 0.6 is 11.3 Å². The van der Waals surface area contributed by atoms with Gasteiger partial charge in [-0.05, 0) is 38.2 Å². The average molecular weight is 332 g/mol. The number of allylic oxidation sites excluding steroid dienone is 1. The van der Waals surface area contributed by atoms with E-state index >= 15 is 0 Å². The second-order valence-electron chi connectivity index (χ2n) is 5.89. The number of hydrogen-bond donors (Lipinski definition) is 0. The third kappa shape index (κ3) is 3.08. The van der Waals surface area contributed by atoms with Crippen molar-refractivity contribution in [1.29, 1.82) is 0 Å². The zero-order valence-electron chi connectivity index (χ0n) is 13.2. The first-order valence-electron chi connectivity index (χ1n) is 7.92. The van der Waals surface area contributed by atoms with E-state index in [4.69, 9.17) is 4.74 Å². The second-order valence-corrected chi connectivity index (χ2v) is 6.89. The summed E-state index contributed by atoms with van der Waals surface area (Å²) in [5.74, 6) is -0.327. The minimum atomic E-state index is -0.327. The van der Waals surface area contributed by atoms with Gasteiger partial charge in [0.1, 0.15) is 15.8 Å². The Morgan fingerprint density at radius 3 is 2.91 bits per heavy atom. The normalized spacial score (nSPS) is 15.7. The number of rotatable bonds is 4. The molecule has 0 radical (unpaired) electrons. The van der Waals surface area contributed by atoms with E-state index in [2.05, 4.69) is 11.6 Å². The largest absolute Gasteiger partial charge is 0.458 e. The SMILES string of the molecule is C=CCn1cnc2sc(C(=O)OC3CCCCC3)c(C)c2c1=O. The van der Waals surface area contributed by atoms with Gasteiger partial charge in [-0.2, -0.15) is 0 Å².